The zero-order valence-electron chi connectivity index (χ0n) is 13.2. The summed E-state index contributed by atoms with van der Waals surface area (Å²) in [5, 5.41) is 7.28. The molecule has 0 unspecified atom stereocenters. The zero-order chi connectivity index (χ0) is 16.4. The Morgan fingerprint density at radius 1 is 1.21 bits per heavy atom. The van der Waals surface area contributed by atoms with Crippen molar-refractivity contribution in [2.45, 2.75) is 18.9 Å². The fraction of sp³-hybridized carbons (Fsp3) is 0.294. The normalized spacial score (nSPS) is 17.8. The van der Waals surface area contributed by atoms with E-state index in [1.165, 1.54) is 0 Å². The molecule has 3 aromatic rings. The van der Waals surface area contributed by atoms with Crippen LogP contribution in [0.2, 0.25) is 0 Å². The van der Waals surface area contributed by atoms with Crippen LogP contribution < -0.4 is 10.2 Å². The van der Waals surface area contributed by atoms with E-state index in [2.05, 4.69) is 25.3 Å². The Balaban J connectivity index is 1.47. The van der Waals surface area contributed by atoms with Crippen LogP contribution in [-0.2, 0) is 0 Å². The maximum absolute atomic E-state index is 12.6. The van der Waals surface area contributed by atoms with Crippen LogP contribution in [0.3, 0.4) is 0 Å². The summed E-state index contributed by atoms with van der Waals surface area (Å²) in [7, 11) is 0. The van der Waals surface area contributed by atoms with Crippen LogP contribution in [0.15, 0.2) is 49.1 Å². The molecular formula is C17H18N6O. The van der Waals surface area contributed by atoms with Crippen molar-refractivity contribution in [3.8, 4) is 0 Å². The maximum atomic E-state index is 12.6. The smallest absolute Gasteiger partial charge is 0.257 e. The molecule has 0 spiro atoms. The number of hydrogen-bond acceptors (Lipinski definition) is 5. The highest BCUT2D eigenvalue weighted by molar-refractivity contribution is 5.99. The van der Waals surface area contributed by atoms with Crippen LogP contribution in [-0.4, -0.2) is 44.6 Å². The van der Waals surface area contributed by atoms with Crippen molar-refractivity contribution in [2.24, 2.45) is 0 Å². The van der Waals surface area contributed by atoms with Gasteiger partial charge in [0.15, 0.2) is 5.65 Å². The van der Waals surface area contributed by atoms with Crippen LogP contribution in [0.5, 0.6) is 0 Å². The molecule has 1 N–H and O–H groups in total. The molecule has 7 heteroatoms. The van der Waals surface area contributed by atoms with E-state index >= 15 is 0 Å². The summed E-state index contributed by atoms with van der Waals surface area (Å²) in [6.07, 6.45) is 8.79. The Labute approximate surface area is 139 Å². The number of piperidine rings is 1. The third-order valence-electron chi connectivity index (χ3n) is 4.25. The van der Waals surface area contributed by atoms with E-state index in [0.717, 1.165) is 31.7 Å². The van der Waals surface area contributed by atoms with Gasteiger partial charge in [0.2, 0.25) is 0 Å². The molecule has 3 aromatic heterocycles. The average molecular weight is 322 g/mol. The molecule has 1 aliphatic rings. The Hall–Kier alpha value is -2.96. The Morgan fingerprint density at radius 3 is 3.00 bits per heavy atom. The van der Waals surface area contributed by atoms with Gasteiger partial charge < -0.3 is 10.2 Å². The lowest BCUT2D eigenvalue weighted by Gasteiger charge is -2.33. The fourth-order valence-corrected chi connectivity index (χ4v) is 3.09. The van der Waals surface area contributed by atoms with Gasteiger partial charge in [0.1, 0.15) is 11.4 Å². The van der Waals surface area contributed by atoms with Gasteiger partial charge in [0.25, 0.3) is 5.91 Å². The van der Waals surface area contributed by atoms with E-state index in [-0.39, 0.29) is 11.9 Å². The molecule has 0 aromatic carbocycles. The lowest BCUT2D eigenvalue weighted by atomic mass is 10.1. The number of pyridine rings is 1. The van der Waals surface area contributed by atoms with Crippen molar-refractivity contribution < 1.29 is 4.79 Å². The number of carbonyl (C=O) groups is 1. The van der Waals surface area contributed by atoms with Crippen molar-refractivity contribution in [3.63, 3.8) is 0 Å². The van der Waals surface area contributed by atoms with Crippen molar-refractivity contribution in [1.82, 2.24) is 24.9 Å². The molecule has 0 radical (unpaired) electrons. The second-order valence-electron chi connectivity index (χ2n) is 5.89. The monoisotopic (exact) mass is 322 g/mol. The average Bonchev–Trinajstić information content (AvgIpc) is 3.07. The topological polar surface area (TPSA) is 75.4 Å². The maximum Gasteiger partial charge on any atom is 0.257 e. The zero-order valence-corrected chi connectivity index (χ0v) is 13.2. The number of nitrogens with one attached hydrogen (secondary N) is 1. The van der Waals surface area contributed by atoms with Gasteiger partial charge >= 0.3 is 0 Å². The highest BCUT2D eigenvalue weighted by Crippen LogP contribution is 2.18. The largest absolute Gasteiger partial charge is 0.355 e. The molecule has 4 rings (SSSR count). The number of rotatable bonds is 3. The van der Waals surface area contributed by atoms with E-state index in [0.29, 0.717) is 11.2 Å². The van der Waals surface area contributed by atoms with E-state index in [1.54, 1.807) is 35.4 Å². The fourth-order valence-electron chi connectivity index (χ4n) is 3.09. The van der Waals surface area contributed by atoms with Gasteiger partial charge in [0.05, 0.1) is 6.20 Å². The number of aromatic nitrogens is 4. The minimum Gasteiger partial charge on any atom is -0.355 e. The van der Waals surface area contributed by atoms with Crippen LogP contribution in [0.4, 0.5) is 5.82 Å². The minimum absolute atomic E-state index is 0.0897. The standard InChI is InChI=1S/C17H18N6O/c24-17(14-11-20-23-10-4-8-19-16(14)23)21-13-5-3-9-22(12-13)15-6-1-2-7-18-15/h1-2,4,6-8,10-11,13H,3,5,9,12H2,(H,21,24)/t13-/m0/s1. The lowest BCUT2D eigenvalue weighted by Crippen LogP contribution is -2.48. The number of hydrogen-bond donors (Lipinski definition) is 1. The van der Waals surface area contributed by atoms with Gasteiger partial charge in [-0.05, 0) is 31.0 Å². The summed E-state index contributed by atoms with van der Waals surface area (Å²) in [5.41, 5.74) is 1.08. The van der Waals surface area contributed by atoms with Crippen LogP contribution >= 0.6 is 0 Å². The van der Waals surface area contributed by atoms with Crippen LogP contribution in [0.25, 0.3) is 5.65 Å². The first-order valence-electron chi connectivity index (χ1n) is 8.06. The third-order valence-corrected chi connectivity index (χ3v) is 4.25. The van der Waals surface area contributed by atoms with Crippen molar-refractivity contribution in [1.29, 1.82) is 0 Å². The first-order valence-corrected chi connectivity index (χ1v) is 8.06. The van der Waals surface area contributed by atoms with Gasteiger partial charge in [-0.2, -0.15) is 5.10 Å². The van der Waals surface area contributed by atoms with Gasteiger partial charge in [-0.1, -0.05) is 6.07 Å². The third kappa shape index (κ3) is 2.80. The predicted octanol–water partition coefficient (Wildman–Crippen LogP) is 1.52. The highest BCUT2D eigenvalue weighted by atomic mass is 16.1. The number of carbonyl (C=O) groups excluding carboxylic acids is 1. The summed E-state index contributed by atoms with van der Waals surface area (Å²) in [6, 6.07) is 7.76. The highest BCUT2D eigenvalue weighted by Gasteiger charge is 2.24. The van der Waals surface area contributed by atoms with Crippen molar-refractivity contribution in [2.75, 3.05) is 18.0 Å². The molecule has 24 heavy (non-hydrogen) atoms. The minimum atomic E-state index is -0.128. The number of amides is 1. The number of nitrogens with zero attached hydrogens (tertiary/aromatic N) is 5. The molecule has 1 amide bonds. The molecule has 1 aliphatic heterocycles. The Bertz CT molecular complexity index is 846. The van der Waals surface area contributed by atoms with Crippen molar-refractivity contribution in [3.05, 3.63) is 54.6 Å². The number of anilines is 1. The molecule has 1 fully saturated rings. The van der Waals surface area contributed by atoms with E-state index in [4.69, 9.17) is 0 Å². The summed E-state index contributed by atoms with van der Waals surface area (Å²) >= 11 is 0. The summed E-state index contributed by atoms with van der Waals surface area (Å²) in [4.78, 5) is 23.4. The summed E-state index contributed by atoms with van der Waals surface area (Å²) < 4.78 is 1.61. The van der Waals surface area contributed by atoms with E-state index in [9.17, 15) is 4.79 Å². The van der Waals surface area contributed by atoms with Gasteiger partial charge in [-0.3, -0.25) is 4.79 Å². The van der Waals surface area contributed by atoms with Gasteiger partial charge in [0, 0.05) is 37.7 Å². The first kappa shape index (κ1) is 14.6. The van der Waals surface area contributed by atoms with Gasteiger partial charge in [-0.25, -0.2) is 14.5 Å². The van der Waals surface area contributed by atoms with E-state index in [1.807, 2.05) is 18.2 Å². The summed E-state index contributed by atoms with van der Waals surface area (Å²) in [6.45, 7) is 1.72. The van der Waals surface area contributed by atoms with Crippen molar-refractivity contribution >= 4 is 17.4 Å². The SMILES string of the molecule is O=C(N[C@H]1CCCN(c2ccccn2)C1)c1cnn2cccnc12. The van der Waals surface area contributed by atoms with E-state index < -0.39 is 0 Å². The lowest BCUT2D eigenvalue weighted by molar-refractivity contribution is 0.0934. The molecule has 1 saturated heterocycles. The molecular weight excluding hydrogens is 304 g/mol. The molecule has 0 aliphatic carbocycles. The molecule has 122 valence electrons. The van der Waals surface area contributed by atoms with Crippen LogP contribution in [0, 0.1) is 0 Å². The Kier molecular flexibility index (Phi) is 3.82. The summed E-state index contributed by atoms with van der Waals surface area (Å²) in [5.74, 6) is 0.825. The second-order valence-corrected chi connectivity index (χ2v) is 5.89. The molecule has 7 nitrogen and oxygen atoms in total. The predicted molar refractivity (Wildman–Crippen MR) is 89.9 cm³/mol. The molecule has 0 bridgehead atoms. The second kappa shape index (κ2) is 6.27. The Morgan fingerprint density at radius 2 is 2.12 bits per heavy atom. The molecule has 1 atom stereocenters. The van der Waals surface area contributed by atoms with Gasteiger partial charge in [-0.15, -0.1) is 0 Å². The quantitative estimate of drug-likeness (QED) is 0.791. The molecule has 0 saturated carbocycles. The molecule has 4 heterocycles. The first-order chi connectivity index (χ1) is 11.8. The number of fused-ring (bicyclic) bond motifs is 1. The van der Waals surface area contributed by atoms with Crippen LogP contribution in [0.1, 0.15) is 23.2 Å².